The molecule has 86 valence electrons. The Morgan fingerprint density at radius 1 is 1.31 bits per heavy atom. The molecule has 0 radical (unpaired) electrons. The summed E-state index contributed by atoms with van der Waals surface area (Å²) < 4.78 is 11.6. The van der Waals surface area contributed by atoms with Crippen molar-refractivity contribution in [1.82, 2.24) is 0 Å². The summed E-state index contributed by atoms with van der Waals surface area (Å²) >= 11 is 3.68. The van der Waals surface area contributed by atoms with Gasteiger partial charge in [-0.15, -0.1) is 0 Å². The van der Waals surface area contributed by atoms with Crippen molar-refractivity contribution in [1.29, 1.82) is 0 Å². The van der Waals surface area contributed by atoms with Gasteiger partial charge >= 0.3 is 0 Å². The minimum Gasteiger partial charge on any atom is -0.468 e. The lowest BCUT2D eigenvalue weighted by Crippen LogP contribution is -2.03. The molecule has 1 aromatic carbocycles. The molecule has 0 atom stereocenters. The Bertz CT molecular complexity index is 424. The third-order valence-corrected chi connectivity index (χ3v) is 4.37. The van der Waals surface area contributed by atoms with E-state index in [0.29, 0.717) is 12.2 Å². The molecule has 2 aliphatic rings. The van der Waals surface area contributed by atoms with E-state index in [9.17, 15) is 0 Å². The van der Waals surface area contributed by atoms with Crippen LogP contribution in [-0.4, -0.2) is 13.9 Å². The fraction of sp³-hybridized carbons (Fsp3) is 0.538. The van der Waals surface area contributed by atoms with Crippen LogP contribution in [0.4, 0.5) is 0 Å². The highest BCUT2D eigenvalue weighted by Gasteiger charge is 2.49. The van der Waals surface area contributed by atoms with Gasteiger partial charge in [0.05, 0.1) is 0 Å². The summed E-state index contributed by atoms with van der Waals surface area (Å²) in [6.07, 6.45) is 5.22. The monoisotopic (exact) mass is 282 g/mol. The number of halogens is 1. The van der Waals surface area contributed by atoms with Gasteiger partial charge in [-0.05, 0) is 54.4 Å². The first-order valence-corrected chi connectivity index (χ1v) is 6.49. The second-order valence-electron chi connectivity index (χ2n) is 4.77. The molecule has 3 rings (SSSR count). The van der Waals surface area contributed by atoms with Gasteiger partial charge in [0.25, 0.3) is 0 Å². The molecule has 2 aliphatic carbocycles. The number of ether oxygens (including phenoxy) is 2. The van der Waals surface area contributed by atoms with Crippen LogP contribution in [0, 0.1) is 0 Å². The van der Waals surface area contributed by atoms with E-state index in [1.165, 1.54) is 41.3 Å². The summed E-state index contributed by atoms with van der Waals surface area (Å²) in [5.41, 5.74) is 3.52. The number of benzene rings is 1. The maximum Gasteiger partial charge on any atom is 0.188 e. The zero-order chi connectivity index (χ0) is 11.2. The average molecular weight is 283 g/mol. The number of hydrogen-bond acceptors (Lipinski definition) is 2. The van der Waals surface area contributed by atoms with Crippen molar-refractivity contribution in [3.05, 3.63) is 27.7 Å². The minimum atomic E-state index is 0.316. The molecule has 0 bridgehead atoms. The third kappa shape index (κ3) is 1.57. The molecule has 0 aliphatic heterocycles. The van der Waals surface area contributed by atoms with Crippen molar-refractivity contribution in [2.75, 3.05) is 13.9 Å². The molecular formula is C13H15BrO2. The van der Waals surface area contributed by atoms with Crippen LogP contribution >= 0.6 is 15.9 Å². The lowest BCUT2D eigenvalue weighted by molar-refractivity contribution is 0.0510. The Morgan fingerprint density at radius 3 is 2.81 bits per heavy atom. The molecule has 3 heteroatoms. The van der Waals surface area contributed by atoms with E-state index < -0.39 is 0 Å². The summed E-state index contributed by atoms with van der Waals surface area (Å²) in [4.78, 5) is 0. The molecule has 0 heterocycles. The van der Waals surface area contributed by atoms with Crippen LogP contribution in [0.15, 0.2) is 16.6 Å². The Hall–Kier alpha value is -0.540. The number of hydrogen-bond donors (Lipinski definition) is 0. The van der Waals surface area contributed by atoms with Crippen molar-refractivity contribution >= 4 is 15.9 Å². The molecule has 16 heavy (non-hydrogen) atoms. The Labute approximate surface area is 104 Å². The van der Waals surface area contributed by atoms with Gasteiger partial charge in [0.15, 0.2) is 6.79 Å². The van der Waals surface area contributed by atoms with Gasteiger partial charge in [0, 0.05) is 11.6 Å². The maximum atomic E-state index is 5.50. The lowest BCUT2D eigenvalue weighted by atomic mass is 9.98. The van der Waals surface area contributed by atoms with Crippen LogP contribution < -0.4 is 4.74 Å². The zero-order valence-electron chi connectivity index (χ0n) is 9.38. The van der Waals surface area contributed by atoms with Crippen molar-refractivity contribution < 1.29 is 9.47 Å². The number of aryl methyl sites for hydroxylation is 1. The zero-order valence-corrected chi connectivity index (χ0v) is 11.0. The van der Waals surface area contributed by atoms with E-state index in [2.05, 4.69) is 28.1 Å². The van der Waals surface area contributed by atoms with Crippen molar-refractivity contribution in [2.45, 2.75) is 31.1 Å². The summed E-state index contributed by atoms with van der Waals surface area (Å²) in [7, 11) is 1.64. The molecule has 1 spiro atoms. The highest BCUT2D eigenvalue weighted by atomic mass is 79.9. The van der Waals surface area contributed by atoms with Gasteiger partial charge < -0.3 is 9.47 Å². The van der Waals surface area contributed by atoms with E-state index >= 15 is 0 Å². The topological polar surface area (TPSA) is 18.5 Å². The summed E-state index contributed by atoms with van der Waals surface area (Å²) in [6, 6.07) is 4.25. The number of fused-ring (bicyclic) bond motifs is 2. The van der Waals surface area contributed by atoms with Gasteiger partial charge in [0.2, 0.25) is 0 Å². The first-order chi connectivity index (χ1) is 7.75. The molecule has 0 amide bonds. The van der Waals surface area contributed by atoms with Gasteiger partial charge in [-0.2, -0.15) is 0 Å². The number of methoxy groups -OCH3 is 1. The standard InChI is InChI=1S/C13H15BrO2/c1-15-8-16-10-6-9-2-3-13(4-5-13)12(9)11(14)7-10/h6-7H,2-5,8H2,1H3. The first kappa shape index (κ1) is 10.6. The van der Waals surface area contributed by atoms with Crippen molar-refractivity contribution in [2.24, 2.45) is 0 Å². The SMILES string of the molecule is COCOc1cc(Br)c2c(c1)CCC21CC1. The van der Waals surface area contributed by atoms with Gasteiger partial charge in [-0.3, -0.25) is 0 Å². The molecular weight excluding hydrogens is 268 g/mol. The normalized spacial score (nSPS) is 19.9. The molecule has 1 aromatic rings. The largest absolute Gasteiger partial charge is 0.468 e. The van der Waals surface area contributed by atoms with E-state index in [4.69, 9.17) is 9.47 Å². The van der Waals surface area contributed by atoms with Gasteiger partial charge in [-0.25, -0.2) is 0 Å². The molecule has 1 fully saturated rings. The van der Waals surface area contributed by atoms with E-state index in [-0.39, 0.29) is 0 Å². The quantitative estimate of drug-likeness (QED) is 0.791. The van der Waals surface area contributed by atoms with Crippen LogP contribution in [0.5, 0.6) is 5.75 Å². The predicted octanol–water partition coefficient (Wildman–Crippen LogP) is 3.41. The Morgan fingerprint density at radius 2 is 2.12 bits per heavy atom. The second kappa shape index (κ2) is 3.74. The summed E-state index contributed by atoms with van der Waals surface area (Å²) in [6.45, 7) is 0.316. The van der Waals surface area contributed by atoms with Crippen molar-refractivity contribution in [3.63, 3.8) is 0 Å². The molecule has 0 N–H and O–H groups in total. The van der Waals surface area contributed by atoms with Gasteiger partial charge in [0.1, 0.15) is 5.75 Å². The number of rotatable bonds is 3. The summed E-state index contributed by atoms with van der Waals surface area (Å²) in [5, 5.41) is 0. The third-order valence-electron chi connectivity index (χ3n) is 3.75. The van der Waals surface area contributed by atoms with E-state index in [1.807, 2.05) is 0 Å². The van der Waals surface area contributed by atoms with E-state index in [0.717, 1.165) is 5.75 Å². The average Bonchev–Trinajstić information content (AvgIpc) is 2.93. The van der Waals surface area contributed by atoms with Crippen molar-refractivity contribution in [3.8, 4) is 5.75 Å². The fourth-order valence-corrected chi connectivity index (χ4v) is 3.69. The highest BCUT2D eigenvalue weighted by molar-refractivity contribution is 9.10. The highest BCUT2D eigenvalue weighted by Crippen LogP contribution is 2.59. The molecule has 0 aromatic heterocycles. The van der Waals surface area contributed by atoms with Crippen LogP contribution in [0.2, 0.25) is 0 Å². The molecule has 0 unspecified atom stereocenters. The predicted molar refractivity (Wildman–Crippen MR) is 65.9 cm³/mol. The second-order valence-corrected chi connectivity index (χ2v) is 5.62. The van der Waals surface area contributed by atoms with Crippen LogP contribution in [0.1, 0.15) is 30.4 Å². The fourth-order valence-electron chi connectivity index (χ4n) is 2.79. The lowest BCUT2D eigenvalue weighted by Gasteiger charge is -2.13. The van der Waals surface area contributed by atoms with Crippen LogP contribution in [-0.2, 0) is 16.6 Å². The Balaban J connectivity index is 1.94. The summed E-state index contributed by atoms with van der Waals surface area (Å²) in [5.74, 6) is 0.908. The Kier molecular flexibility index (Phi) is 2.48. The molecule has 0 saturated heterocycles. The minimum absolute atomic E-state index is 0.316. The van der Waals surface area contributed by atoms with Crippen LogP contribution in [0.3, 0.4) is 0 Å². The van der Waals surface area contributed by atoms with Gasteiger partial charge in [-0.1, -0.05) is 15.9 Å². The first-order valence-electron chi connectivity index (χ1n) is 5.70. The smallest absolute Gasteiger partial charge is 0.188 e. The molecule has 2 nitrogen and oxygen atoms in total. The maximum absolute atomic E-state index is 5.50. The molecule has 1 saturated carbocycles. The van der Waals surface area contributed by atoms with E-state index in [1.54, 1.807) is 7.11 Å². The van der Waals surface area contributed by atoms with Crippen LogP contribution in [0.25, 0.3) is 0 Å².